The van der Waals surface area contributed by atoms with E-state index in [4.69, 9.17) is 4.74 Å². The number of carbonyl (C=O) groups is 1. The van der Waals surface area contributed by atoms with Crippen LogP contribution in [-0.4, -0.2) is 23.0 Å². The lowest BCUT2D eigenvalue weighted by Crippen LogP contribution is -2.05. The zero-order valence-electron chi connectivity index (χ0n) is 15.4. The number of carbonyl (C=O) groups excluding carboxylic acids is 1. The van der Waals surface area contributed by atoms with Gasteiger partial charge in [-0.3, -0.25) is 4.79 Å². The van der Waals surface area contributed by atoms with E-state index >= 15 is 0 Å². The summed E-state index contributed by atoms with van der Waals surface area (Å²) in [5.41, 5.74) is 3.49. The summed E-state index contributed by atoms with van der Waals surface area (Å²) in [7, 11) is 1.62. The molecule has 0 atom stereocenters. The van der Waals surface area contributed by atoms with E-state index in [1.54, 1.807) is 19.4 Å². The van der Waals surface area contributed by atoms with Crippen LogP contribution in [0.5, 0.6) is 5.75 Å². The summed E-state index contributed by atoms with van der Waals surface area (Å²) in [4.78, 5) is 19.8. The number of aromatic nitrogens is 2. The molecule has 0 aliphatic carbocycles. The molecule has 0 unspecified atom stereocenters. The van der Waals surface area contributed by atoms with Crippen molar-refractivity contribution in [2.24, 2.45) is 0 Å². The summed E-state index contributed by atoms with van der Waals surface area (Å²) in [5, 5.41) is 9.14. The Hall–Kier alpha value is -3.61. The number of amides is 1. The topological polar surface area (TPSA) is 88.2 Å². The lowest BCUT2D eigenvalue weighted by Gasteiger charge is -2.12. The molecule has 0 bridgehead atoms. The van der Waals surface area contributed by atoms with Crippen LogP contribution in [-0.2, 0) is 4.79 Å². The van der Waals surface area contributed by atoms with Gasteiger partial charge in [-0.15, -0.1) is 0 Å². The Labute approximate surface area is 157 Å². The molecular formula is C20H21N5O2. The molecule has 0 radical (unpaired) electrons. The molecular weight excluding hydrogens is 342 g/mol. The number of hydrogen-bond acceptors (Lipinski definition) is 6. The first-order valence-electron chi connectivity index (χ1n) is 8.43. The second-order valence-electron chi connectivity index (χ2n) is 5.98. The summed E-state index contributed by atoms with van der Waals surface area (Å²) in [6, 6.07) is 15.0. The van der Waals surface area contributed by atoms with Crippen molar-refractivity contribution in [1.82, 2.24) is 9.97 Å². The van der Waals surface area contributed by atoms with Gasteiger partial charge in [-0.05, 0) is 55.0 Å². The van der Waals surface area contributed by atoms with Crippen molar-refractivity contribution in [1.29, 1.82) is 0 Å². The molecule has 2 aromatic carbocycles. The number of benzene rings is 2. The summed E-state index contributed by atoms with van der Waals surface area (Å²) in [6.07, 6.45) is 1.67. The fourth-order valence-corrected chi connectivity index (χ4v) is 2.52. The van der Waals surface area contributed by atoms with Crippen LogP contribution >= 0.6 is 0 Å². The number of anilines is 5. The smallest absolute Gasteiger partial charge is 0.229 e. The van der Waals surface area contributed by atoms with E-state index in [0.717, 1.165) is 28.4 Å². The van der Waals surface area contributed by atoms with Gasteiger partial charge in [0, 0.05) is 24.5 Å². The summed E-state index contributed by atoms with van der Waals surface area (Å²) in [5.74, 6) is 1.72. The van der Waals surface area contributed by atoms with Crippen LogP contribution in [0.25, 0.3) is 0 Å². The molecule has 0 aliphatic rings. The Morgan fingerprint density at radius 2 is 1.74 bits per heavy atom. The predicted molar refractivity (Wildman–Crippen MR) is 107 cm³/mol. The third kappa shape index (κ3) is 4.94. The van der Waals surface area contributed by atoms with Gasteiger partial charge in [0.25, 0.3) is 0 Å². The first-order valence-corrected chi connectivity index (χ1v) is 8.43. The van der Waals surface area contributed by atoms with Crippen molar-refractivity contribution in [3.05, 3.63) is 60.3 Å². The minimum atomic E-state index is -0.103. The second kappa shape index (κ2) is 8.18. The van der Waals surface area contributed by atoms with E-state index in [0.29, 0.717) is 11.8 Å². The fourth-order valence-electron chi connectivity index (χ4n) is 2.52. The SMILES string of the molecule is COc1ccc(C)cc1Nc1nccc(Nc2ccc(NC(C)=O)cc2)n1. The Morgan fingerprint density at radius 3 is 2.44 bits per heavy atom. The zero-order valence-corrected chi connectivity index (χ0v) is 15.4. The maximum Gasteiger partial charge on any atom is 0.229 e. The van der Waals surface area contributed by atoms with Crippen molar-refractivity contribution in [3.8, 4) is 5.75 Å². The largest absolute Gasteiger partial charge is 0.495 e. The van der Waals surface area contributed by atoms with Crippen molar-refractivity contribution < 1.29 is 9.53 Å². The van der Waals surface area contributed by atoms with Crippen molar-refractivity contribution in [2.45, 2.75) is 13.8 Å². The van der Waals surface area contributed by atoms with Crippen molar-refractivity contribution in [2.75, 3.05) is 23.1 Å². The average molecular weight is 363 g/mol. The van der Waals surface area contributed by atoms with Crippen LogP contribution < -0.4 is 20.7 Å². The van der Waals surface area contributed by atoms with Gasteiger partial charge in [0.2, 0.25) is 11.9 Å². The number of rotatable bonds is 6. The van der Waals surface area contributed by atoms with E-state index in [1.165, 1.54) is 6.92 Å². The van der Waals surface area contributed by atoms with Crippen LogP contribution in [0.2, 0.25) is 0 Å². The molecule has 0 fully saturated rings. The van der Waals surface area contributed by atoms with E-state index in [1.807, 2.05) is 49.4 Å². The zero-order chi connectivity index (χ0) is 19.2. The third-order valence-corrected chi connectivity index (χ3v) is 3.73. The maximum absolute atomic E-state index is 11.1. The van der Waals surface area contributed by atoms with Crippen LogP contribution in [0, 0.1) is 6.92 Å². The van der Waals surface area contributed by atoms with Gasteiger partial charge < -0.3 is 20.7 Å². The van der Waals surface area contributed by atoms with Crippen LogP contribution in [0.1, 0.15) is 12.5 Å². The van der Waals surface area contributed by atoms with Crippen molar-refractivity contribution in [3.63, 3.8) is 0 Å². The van der Waals surface area contributed by atoms with E-state index in [9.17, 15) is 4.79 Å². The van der Waals surface area contributed by atoms with Gasteiger partial charge in [-0.2, -0.15) is 4.98 Å². The molecule has 27 heavy (non-hydrogen) atoms. The number of nitrogens with one attached hydrogen (secondary N) is 3. The van der Waals surface area contributed by atoms with Gasteiger partial charge in [0.15, 0.2) is 0 Å². The standard InChI is InChI=1S/C20H21N5O2/c1-13-4-9-18(27-3)17(12-13)24-20-21-11-10-19(25-20)23-16-7-5-15(6-8-16)22-14(2)26/h4-12H,1-3H3,(H,22,26)(H2,21,23,24,25). The molecule has 1 amide bonds. The van der Waals surface area contributed by atoms with Crippen LogP contribution in [0.4, 0.5) is 28.8 Å². The molecule has 7 heteroatoms. The quantitative estimate of drug-likeness (QED) is 0.607. The van der Waals surface area contributed by atoms with E-state index in [-0.39, 0.29) is 5.91 Å². The fraction of sp³-hybridized carbons (Fsp3) is 0.150. The van der Waals surface area contributed by atoms with Gasteiger partial charge in [-0.1, -0.05) is 6.07 Å². The Balaban J connectivity index is 1.74. The Bertz CT molecular complexity index is 941. The number of ether oxygens (including phenoxy) is 1. The Morgan fingerprint density at radius 1 is 1.00 bits per heavy atom. The van der Waals surface area contributed by atoms with Gasteiger partial charge in [0.05, 0.1) is 12.8 Å². The summed E-state index contributed by atoms with van der Waals surface area (Å²) >= 11 is 0. The predicted octanol–water partition coefficient (Wildman–Crippen LogP) is 4.24. The van der Waals surface area contributed by atoms with Crippen LogP contribution in [0.15, 0.2) is 54.7 Å². The van der Waals surface area contributed by atoms with Gasteiger partial charge in [0.1, 0.15) is 11.6 Å². The number of methoxy groups -OCH3 is 1. The molecule has 3 aromatic rings. The average Bonchev–Trinajstić information content (AvgIpc) is 2.63. The molecule has 0 saturated carbocycles. The normalized spacial score (nSPS) is 10.2. The minimum absolute atomic E-state index is 0.103. The molecule has 0 saturated heterocycles. The molecule has 3 N–H and O–H groups in total. The number of aryl methyl sites for hydroxylation is 1. The molecule has 138 valence electrons. The lowest BCUT2D eigenvalue weighted by atomic mass is 10.2. The highest BCUT2D eigenvalue weighted by atomic mass is 16.5. The first-order chi connectivity index (χ1) is 13.0. The highest BCUT2D eigenvalue weighted by Gasteiger charge is 2.06. The molecule has 3 rings (SSSR count). The minimum Gasteiger partial charge on any atom is -0.495 e. The first kappa shape index (κ1) is 18.2. The molecule has 1 aromatic heterocycles. The molecule has 0 spiro atoms. The van der Waals surface area contributed by atoms with E-state index in [2.05, 4.69) is 25.9 Å². The maximum atomic E-state index is 11.1. The van der Waals surface area contributed by atoms with Crippen molar-refractivity contribution >= 4 is 34.7 Å². The lowest BCUT2D eigenvalue weighted by molar-refractivity contribution is -0.114. The van der Waals surface area contributed by atoms with Crippen LogP contribution in [0.3, 0.4) is 0 Å². The molecule has 1 heterocycles. The number of nitrogens with zero attached hydrogens (tertiary/aromatic N) is 2. The highest BCUT2D eigenvalue weighted by molar-refractivity contribution is 5.88. The summed E-state index contributed by atoms with van der Waals surface area (Å²) < 4.78 is 5.37. The molecule has 0 aliphatic heterocycles. The highest BCUT2D eigenvalue weighted by Crippen LogP contribution is 2.28. The monoisotopic (exact) mass is 363 g/mol. The summed E-state index contributed by atoms with van der Waals surface area (Å²) in [6.45, 7) is 3.49. The van der Waals surface area contributed by atoms with E-state index < -0.39 is 0 Å². The molecule has 7 nitrogen and oxygen atoms in total. The van der Waals surface area contributed by atoms with Gasteiger partial charge >= 0.3 is 0 Å². The second-order valence-corrected chi connectivity index (χ2v) is 5.98. The third-order valence-electron chi connectivity index (χ3n) is 3.73. The Kier molecular flexibility index (Phi) is 5.51. The number of hydrogen-bond donors (Lipinski definition) is 3. The van der Waals surface area contributed by atoms with Gasteiger partial charge in [-0.25, -0.2) is 4.98 Å².